The topological polar surface area (TPSA) is 103 Å². The highest BCUT2D eigenvalue weighted by Crippen LogP contribution is 2.38. The molecule has 1 heterocycles. The van der Waals surface area contributed by atoms with Crippen molar-refractivity contribution in [2.75, 3.05) is 6.61 Å². The van der Waals surface area contributed by atoms with Crippen molar-refractivity contribution in [3.8, 4) is 0 Å². The van der Waals surface area contributed by atoms with E-state index in [0.29, 0.717) is 6.04 Å². The third-order valence-corrected chi connectivity index (χ3v) is 3.44. The van der Waals surface area contributed by atoms with Gasteiger partial charge >= 0.3 is 12.0 Å². The van der Waals surface area contributed by atoms with E-state index in [1.807, 2.05) is 19.9 Å². The number of aromatic nitrogens is 1. The number of carbonyl (C=O) groups excluding carboxylic acids is 3. The van der Waals surface area contributed by atoms with E-state index in [9.17, 15) is 14.4 Å². The average molecular weight is 305 g/mol. The Morgan fingerprint density at radius 1 is 1.41 bits per heavy atom. The second-order valence-corrected chi connectivity index (χ2v) is 5.28. The maximum absolute atomic E-state index is 11.5. The van der Waals surface area contributed by atoms with E-state index in [0.717, 1.165) is 17.0 Å². The molecule has 2 rings (SSSR count). The van der Waals surface area contributed by atoms with Crippen molar-refractivity contribution in [3.63, 3.8) is 0 Å². The first kappa shape index (κ1) is 15.8. The fourth-order valence-corrected chi connectivity index (χ4v) is 2.38. The Kier molecular flexibility index (Phi) is 4.65. The molecule has 1 aromatic rings. The molecular formula is C15H19N3O4. The number of urea groups is 1. The van der Waals surface area contributed by atoms with E-state index in [-0.39, 0.29) is 0 Å². The van der Waals surface area contributed by atoms with Crippen LogP contribution in [-0.4, -0.2) is 29.1 Å². The molecule has 1 aromatic heterocycles. The summed E-state index contributed by atoms with van der Waals surface area (Å²) in [4.78, 5) is 33.1. The van der Waals surface area contributed by atoms with Crippen LogP contribution in [0.4, 0.5) is 4.79 Å². The third kappa shape index (κ3) is 3.97. The molecule has 3 N–H and O–H groups in total. The quantitative estimate of drug-likeness (QED) is 0.630. The zero-order chi connectivity index (χ0) is 16.3. The predicted octanol–water partition coefficient (Wildman–Crippen LogP) is 1.19. The second kappa shape index (κ2) is 6.46. The number of primary amides is 1. The predicted molar refractivity (Wildman–Crippen MR) is 79.9 cm³/mol. The van der Waals surface area contributed by atoms with E-state index in [4.69, 9.17) is 10.5 Å². The van der Waals surface area contributed by atoms with Gasteiger partial charge in [-0.25, -0.2) is 9.59 Å². The number of esters is 1. The Morgan fingerprint density at radius 2 is 2.09 bits per heavy atom. The van der Waals surface area contributed by atoms with Crippen LogP contribution in [0.25, 0.3) is 6.08 Å². The van der Waals surface area contributed by atoms with Crippen LogP contribution in [-0.2, 0) is 14.3 Å². The number of nitrogens with two attached hydrogens (primary N) is 1. The highest BCUT2D eigenvalue weighted by molar-refractivity contribution is 5.95. The monoisotopic (exact) mass is 305 g/mol. The van der Waals surface area contributed by atoms with Crippen molar-refractivity contribution in [2.24, 2.45) is 5.73 Å². The molecule has 0 radical (unpaired) electrons. The van der Waals surface area contributed by atoms with E-state index in [1.54, 1.807) is 11.4 Å². The molecule has 0 atom stereocenters. The van der Waals surface area contributed by atoms with Gasteiger partial charge in [0.1, 0.15) is 0 Å². The van der Waals surface area contributed by atoms with E-state index >= 15 is 0 Å². The summed E-state index contributed by atoms with van der Waals surface area (Å²) in [5.41, 5.74) is 7.98. The van der Waals surface area contributed by atoms with Crippen LogP contribution in [0.3, 0.4) is 0 Å². The van der Waals surface area contributed by atoms with Crippen LogP contribution in [0.5, 0.6) is 0 Å². The molecule has 1 aliphatic rings. The Balaban J connectivity index is 1.91. The Labute approximate surface area is 128 Å². The lowest BCUT2D eigenvalue weighted by atomic mass is 10.2. The fourth-order valence-electron chi connectivity index (χ4n) is 2.38. The number of rotatable bonds is 5. The number of ether oxygens (including phenoxy) is 1. The van der Waals surface area contributed by atoms with Crippen molar-refractivity contribution in [3.05, 3.63) is 29.1 Å². The Bertz CT molecular complexity index is 641. The SMILES string of the molecule is Cc1cc(/C=C/C(=O)OCC(=O)NC(N)=O)c(C)n1C1CC1. The van der Waals surface area contributed by atoms with E-state index in [1.165, 1.54) is 18.9 Å². The van der Waals surface area contributed by atoms with Crippen molar-refractivity contribution < 1.29 is 19.1 Å². The van der Waals surface area contributed by atoms with Crippen molar-refractivity contribution in [1.29, 1.82) is 0 Å². The first-order valence-corrected chi connectivity index (χ1v) is 7.01. The lowest BCUT2D eigenvalue weighted by molar-refractivity contribution is -0.143. The van der Waals surface area contributed by atoms with Gasteiger partial charge in [-0.2, -0.15) is 0 Å². The molecule has 7 heteroatoms. The average Bonchev–Trinajstić information content (AvgIpc) is 3.20. The standard InChI is InChI=1S/C15H19N3O4/c1-9-7-11(10(2)18(9)12-4-5-12)3-6-14(20)22-8-13(19)17-15(16)21/h3,6-7,12H,4-5,8H2,1-2H3,(H3,16,17,19,21)/b6-3+. The molecule has 0 unspecified atom stereocenters. The molecule has 3 amide bonds. The van der Waals surface area contributed by atoms with Gasteiger partial charge in [0.05, 0.1) is 0 Å². The van der Waals surface area contributed by atoms with Crippen LogP contribution in [0.2, 0.25) is 0 Å². The summed E-state index contributed by atoms with van der Waals surface area (Å²) < 4.78 is 6.98. The third-order valence-electron chi connectivity index (χ3n) is 3.44. The summed E-state index contributed by atoms with van der Waals surface area (Å²) >= 11 is 0. The molecule has 1 saturated carbocycles. The summed E-state index contributed by atoms with van der Waals surface area (Å²) in [6.45, 7) is 3.50. The lowest BCUT2D eigenvalue weighted by Gasteiger charge is -2.06. The van der Waals surface area contributed by atoms with E-state index in [2.05, 4.69) is 4.57 Å². The number of hydrogen-bond acceptors (Lipinski definition) is 4. The highest BCUT2D eigenvalue weighted by atomic mass is 16.5. The highest BCUT2D eigenvalue weighted by Gasteiger charge is 2.26. The number of imide groups is 1. The van der Waals surface area contributed by atoms with Gasteiger partial charge < -0.3 is 15.0 Å². The number of hydrogen-bond donors (Lipinski definition) is 2. The fraction of sp³-hybridized carbons (Fsp3) is 0.400. The molecule has 0 aliphatic heterocycles. The van der Waals surface area contributed by atoms with Gasteiger partial charge in [-0.3, -0.25) is 10.1 Å². The van der Waals surface area contributed by atoms with Gasteiger partial charge in [-0.05, 0) is 44.4 Å². The van der Waals surface area contributed by atoms with Gasteiger partial charge in [-0.15, -0.1) is 0 Å². The summed E-state index contributed by atoms with van der Waals surface area (Å²) in [6, 6.07) is 1.60. The Morgan fingerprint density at radius 3 is 2.68 bits per heavy atom. The first-order chi connectivity index (χ1) is 10.4. The molecule has 0 bridgehead atoms. The molecule has 0 saturated heterocycles. The lowest BCUT2D eigenvalue weighted by Crippen LogP contribution is -2.37. The van der Waals surface area contributed by atoms with Gasteiger partial charge in [-0.1, -0.05) is 0 Å². The van der Waals surface area contributed by atoms with E-state index < -0.39 is 24.5 Å². The molecule has 0 spiro atoms. The van der Waals surface area contributed by atoms with Gasteiger partial charge in [0.2, 0.25) is 0 Å². The zero-order valence-corrected chi connectivity index (χ0v) is 12.6. The second-order valence-electron chi connectivity index (χ2n) is 5.28. The number of aryl methyl sites for hydroxylation is 1. The molecule has 1 fully saturated rings. The molecular weight excluding hydrogens is 286 g/mol. The first-order valence-electron chi connectivity index (χ1n) is 7.01. The van der Waals surface area contributed by atoms with Gasteiger partial charge in [0, 0.05) is 23.5 Å². The number of nitrogens with one attached hydrogen (secondary N) is 1. The van der Waals surface area contributed by atoms with Gasteiger partial charge in [0.25, 0.3) is 5.91 Å². The van der Waals surface area contributed by atoms with Crippen molar-refractivity contribution >= 4 is 24.0 Å². The van der Waals surface area contributed by atoms with Crippen LogP contribution >= 0.6 is 0 Å². The Hall–Kier alpha value is -2.57. The molecule has 118 valence electrons. The maximum Gasteiger partial charge on any atom is 0.331 e. The van der Waals surface area contributed by atoms with Crippen LogP contribution in [0.1, 0.15) is 35.8 Å². The van der Waals surface area contributed by atoms with Crippen molar-refractivity contribution in [2.45, 2.75) is 32.7 Å². The minimum absolute atomic E-state index is 0.548. The number of carbonyl (C=O) groups is 3. The zero-order valence-electron chi connectivity index (χ0n) is 12.6. The number of amides is 3. The maximum atomic E-state index is 11.5. The summed E-state index contributed by atoms with van der Waals surface area (Å²) in [5.74, 6) is -1.42. The van der Waals surface area contributed by atoms with Crippen molar-refractivity contribution in [1.82, 2.24) is 9.88 Å². The molecule has 22 heavy (non-hydrogen) atoms. The summed E-state index contributed by atoms with van der Waals surface area (Å²) in [6.07, 6.45) is 5.30. The minimum Gasteiger partial charge on any atom is -0.452 e. The molecule has 0 aromatic carbocycles. The van der Waals surface area contributed by atoms with Gasteiger partial charge in [0.15, 0.2) is 6.61 Å². The number of nitrogens with zero attached hydrogens (tertiary/aromatic N) is 1. The van der Waals surface area contributed by atoms with Crippen LogP contribution in [0, 0.1) is 13.8 Å². The minimum atomic E-state index is -0.982. The summed E-state index contributed by atoms with van der Waals surface area (Å²) in [5, 5.41) is 1.81. The smallest absolute Gasteiger partial charge is 0.331 e. The van der Waals surface area contributed by atoms with Crippen LogP contribution < -0.4 is 11.1 Å². The summed E-state index contributed by atoms with van der Waals surface area (Å²) in [7, 11) is 0. The largest absolute Gasteiger partial charge is 0.452 e. The normalized spacial score (nSPS) is 14.1. The molecule has 1 aliphatic carbocycles. The van der Waals surface area contributed by atoms with Crippen LogP contribution in [0.15, 0.2) is 12.1 Å². The molecule has 7 nitrogen and oxygen atoms in total.